The Kier molecular flexibility index (Phi) is 8.07. The number of carbonyl (C=O) groups is 2. The molecule has 4 rings (SSSR count). The van der Waals surface area contributed by atoms with Crippen LogP contribution in [0.25, 0.3) is 0 Å². The Bertz CT molecular complexity index is 1250. The lowest BCUT2D eigenvalue weighted by Gasteiger charge is -2.28. The van der Waals surface area contributed by atoms with Crippen molar-refractivity contribution in [3.63, 3.8) is 0 Å². The van der Waals surface area contributed by atoms with Crippen molar-refractivity contribution in [1.29, 1.82) is 0 Å². The molecule has 8 nitrogen and oxygen atoms in total. The van der Waals surface area contributed by atoms with Gasteiger partial charge in [0, 0.05) is 49.3 Å². The van der Waals surface area contributed by atoms with Crippen molar-refractivity contribution >= 4 is 44.1 Å². The zero-order valence-corrected chi connectivity index (χ0v) is 20.6. The summed E-state index contributed by atoms with van der Waals surface area (Å²) in [7, 11) is 2.65. The van der Waals surface area contributed by atoms with Crippen LogP contribution in [-0.2, 0) is 11.3 Å². The summed E-state index contributed by atoms with van der Waals surface area (Å²) in [5.74, 6) is -1.78. The topological polar surface area (TPSA) is 112 Å². The van der Waals surface area contributed by atoms with Crippen LogP contribution in [0, 0.1) is 17.6 Å². The number of primary amides is 1. The molecule has 36 heavy (non-hydrogen) atoms. The zero-order valence-electron chi connectivity index (χ0n) is 19.4. The van der Waals surface area contributed by atoms with Crippen molar-refractivity contribution in [2.75, 3.05) is 29.0 Å². The van der Waals surface area contributed by atoms with Crippen molar-refractivity contribution in [3.8, 4) is 0 Å². The van der Waals surface area contributed by atoms with Crippen molar-refractivity contribution in [3.05, 3.63) is 77.5 Å². The molecule has 2 heterocycles. The number of nitrogens with one attached hydrogen (secondary N) is 3. The van der Waals surface area contributed by atoms with Gasteiger partial charge in [-0.05, 0) is 48.7 Å². The summed E-state index contributed by atoms with van der Waals surface area (Å²) in [6, 6.07) is 12.0. The van der Waals surface area contributed by atoms with Crippen molar-refractivity contribution in [1.82, 2.24) is 9.65 Å². The highest BCUT2D eigenvalue weighted by atomic mass is 31.0. The third kappa shape index (κ3) is 6.74. The Morgan fingerprint density at radius 1 is 1.11 bits per heavy atom. The fourth-order valence-electron chi connectivity index (χ4n) is 4.06. The van der Waals surface area contributed by atoms with Crippen molar-refractivity contribution < 1.29 is 18.4 Å². The number of pyridine rings is 1. The second-order valence-electron chi connectivity index (χ2n) is 8.64. The number of carbonyl (C=O) groups excluding carboxylic acids is 2. The molecule has 0 aliphatic carbocycles. The van der Waals surface area contributed by atoms with E-state index in [1.165, 1.54) is 18.3 Å². The highest BCUT2D eigenvalue weighted by molar-refractivity contribution is 7.13. The van der Waals surface area contributed by atoms with Gasteiger partial charge in [0.15, 0.2) is 0 Å². The minimum absolute atomic E-state index is 0.0245. The van der Waals surface area contributed by atoms with Gasteiger partial charge in [-0.1, -0.05) is 15.5 Å². The van der Waals surface area contributed by atoms with E-state index in [2.05, 4.69) is 35.0 Å². The molecule has 0 bridgehead atoms. The number of nitrogens with zero attached hydrogens (tertiary/aromatic N) is 2. The van der Waals surface area contributed by atoms with Crippen LogP contribution < -0.4 is 21.7 Å². The summed E-state index contributed by atoms with van der Waals surface area (Å²) >= 11 is 0. The summed E-state index contributed by atoms with van der Waals surface area (Å²) in [5.41, 5.74) is 7.63. The summed E-state index contributed by atoms with van der Waals surface area (Å²) in [5, 5.41) is 9.10. The van der Waals surface area contributed by atoms with Gasteiger partial charge in [0.2, 0.25) is 5.91 Å². The Morgan fingerprint density at radius 2 is 1.86 bits per heavy atom. The highest BCUT2D eigenvalue weighted by Crippen LogP contribution is 2.25. The highest BCUT2D eigenvalue weighted by Gasteiger charge is 2.24. The molecule has 1 saturated heterocycles. The molecule has 11 heteroatoms. The van der Waals surface area contributed by atoms with Gasteiger partial charge < -0.3 is 21.7 Å². The molecule has 0 saturated carbocycles. The second kappa shape index (κ2) is 11.4. The van der Waals surface area contributed by atoms with Crippen LogP contribution in [0.3, 0.4) is 0 Å². The minimum atomic E-state index is -0.696. The van der Waals surface area contributed by atoms with E-state index in [1.54, 1.807) is 24.3 Å². The summed E-state index contributed by atoms with van der Waals surface area (Å²) in [6.07, 6.45) is 3.14. The number of anilines is 4. The van der Waals surface area contributed by atoms with E-state index in [1.807, 2.05) is 6.07 Å². The first kappa shape index (κ1) is 25.5. The molecular formula is C25H27F2N6O2P. The number of rotatable bonds is 8. The van der Waals surface area contributed by atoms with E-state index >= 15 is 0 Å². The lowest BCUT2D eigenvalue weighted by atomic mass is 9.98. The molecule has 5 N–H and O–H groups in total. The van der Waals surface area contributed by atoms with Gasteiger partial charge in [-0.3, -0.25) is 14.3 Å². The van der Waals surface area contributed by atoms with Crippen LogP contribution in [0.2, 0.25) is 0 Å². The maximum Gasteiger partial charge on any atom is 0.252 e. The van der Waals surface area contributed by atoms with E-state index in [9.17, 15) is 18.4 Å². The number of aromatic nitrogens is 1. The molecule has 1 fully saturated rings. The van der Waals surface area contributed by atoms with Crippen LogP contribution in [-0.4, -0.2) is 34.6 Å². The lowest BCUT2D eigenvalue weighted by molar-refractivity contribution is -0.120. The average molecular weight is 513 g/mol. The van der Waals surface area contributed by atoms with Gasteiger partial charge in [-0.25, -0.2) is 13.8 Å². The summed E-state index contributed by atoms with van der Waals surface area (Å²) < 4.78 is 29.1. The largest absolute Gasteiger partial charge is 0.380 e. The van der Waals surface area contributed by atoms with Gasteiger partial charge in [-0.2, -0.15) is 0 Å². The van der Waals surface area contributed by atoms with Crippen LogP contribution in [0.5, 0.6) is 0 Å². The van der Waals surface area contributed by atoms with Gasteiger partial charge >= 0.3 is 0 Å². The maximum absolute atomic E-state index is 13.5. The third-order valence-corrected chi connectivity index (χ3v) is 6.27. The molecular weight excluding hydrogens is 485 g/mol. The SMILES string of the molecule is NC(=O)c1cnc(Nc2cccc(NC(=O)C3CCCN(P)C3)c2)cc1NCc1cc(F)cc(F)c1. The number of amides is 2. The molecule has 1 aromatic heterocycles. The minimum Gasteiger partial charge on any atom is -0.380 e. The number of benzene rings is 2. The van der Waals surface area contributed by atoms with E-state index in [0.29, 0.717) is 35.0 Å². The first-order valence-electron chi connectivity index (χ1n) is 11.4. The predicted octanol–water partition coefficient (Wildman–Crippen LogP) is 4.26. The number of hydrogen-bond acceptors (Lipinski definition) is 6. The van der Waals surface area contributed by atoms with Crippen LogP contribution >= 0.6 is 9.39 Å². The molecule has 188 valence electrons. The zero-order chi connectivity index (χ0) is 25.7. The van der Waals surface area contributed by atoms with E-state index in [0.717, 1.165) is 25.5 Å². The van der Waals surface area contributed by atoms with Crippen molar-refractivity contribution in [2.24, 2.45) is 11.7 Å². The smallest absolute Gasteiger partial charge is 0.252 e. The fraction of sp³-hybridized carbons (Fsp3) is 0.240. The van der Waals surface area contributed by atoms with E-state index in [4.69, 9.17) is 5.73 Å². The van der Waals surface area contributed by atoms with Crippen molar-refractivity contribution in [2.45, 2.75) is 19.4 Å². The Hall–Kier alpha value is -3.62. The standard InChI is InChI=1S/C25H27F2N6O2P/c26-17-7-15(8-18(27)9-17)12-29-22-11-23(30-13-21(22)24(28)34)31-19-4-1-5-20(10-19)32-25(35)16-3-2-6-33(36)14-16/h1,4-5,7-11,13,16H,2-3,6,12,14,36H2,(H2,28,34)(H,32,35)(H2,29,30,31). The average Bonchev–Trinajstić information content (AvgIpc) is 2.82. The second-order valence-corrected chi connectivity index (χ2v) is 9.37. The fourth-order valence-corrected chi connectivity index (χ4v) is 4.50. The Labute approximate surface area is 209 Å². The molecule has 2 aromatic carbocycles. The number of hydrogen-bond donors (Lipinski definition) is 4. The molecule has 2 atom stereocenters. The molecule has 0 radical (unpaired) electrons. The van der Waals surface area contributed by atoms with Crippen LogP contribution in [0.15, 0.2) is 54.7 Å². The first-order valence-corrected chi connectivity index (χ1v) is 11.9. The summed E-state index contributed by atoms with van der Waals surface area (Å²) in [6.45, 7) is 1.72. The monoisotopic (exact) mass is 512 g/mol. The molecule has 3 aromatic rings. The molecule has 1 aliphatic heterocycles. The predicted molar refractivity (Wildman–Crippen MR) is 139 cm³/mol. The normalized spacial score (nSPS) is 15.8. The first-order chi connectivity index (χ1) is 17.3. The number of piperidine rings is 1. The summed E-state index contributed by atoms with van der Waals surface area (Å²) in [4.78, 5) is 28.8. The van der Waals surface area contributed by atoms with E-state index in [-0.39, 0.29) is 23.9 Å². The Morgan fingerprint density at radius 3 is 2.58 bits per heavy atom. The quantitative estimate of drug-likeness (QED) is 0.336. The van der Waals surface area contributed by atoms with Crippen LogP contribution in [0.4, 0.5) is 31.7 Å². The third-order valence-electron chi connectivity index (χ3n) is 5.80. The van der Waals surface area contributed by atoms with Gasteiger partial charge in [0.25, 0.3) is 5.91 Å². The van der Waals surface area contributed by atoms with Gasteiger partial charge in [-0.15, -0.1) is 0 Å². The Balaban J connectivity index is 1.47. The lowest BCUT2D eigenvalue weighted by Crippen LogP contribution is -2.35. The van der Waals surface area contributed by atoms with Gasteiger partial charge in [0.1, 0.15) is 17.5 Å². The molecule has 0 spiro atoms. The molecule has 1 aliphatic rings. The molecule has 2 unspecified atom stereocenters. The van der Waals surface area contributed by atoms with Crippen LogP contribution in [0.1, 0.15) is 28.8 Å². The molecule has 2 amide bonds. The number of nitrogens with two attached hydrogens (primary N) is 1. The maximum atomic E-state index is 13.5. The van der Waals surface area contributed by atoms with E-state index < -0.39 is 17.5 Å². The van der Waals surface area contributed by atoms with Gasteiger partial charge in [0.05, 0.1) is 17.2 Å². The number of halogens is 2.